The van der Waals surface area contributed by atoms with Gasteiger partial charge in [-0.15, -0.1) is 11.8 Å². The standard InChI is InChI=1S/C19H29N3OS/c1-15(19(23)20-16-6-5-7-18(14-16)24-2)21-12-8-17(9-13-21)22-10-3-4-11-22/h5-7,14-15,17H,3-4,8-13H2,1-2H3,(H,20,23). The number of amides is 1. The molecule has 2 heterocycles. The molecule has 0 aliphatic carbocycles. The van der Waals surface area contributed by atoms with Crippen LogP contribution in [0.5, 0.6) is 0 Å². The predicted octanol–water partition coefficient (Wildman–Crippen LogP) is 3.30. The fourth-order valence-electron chi connectivity index (χ4n) is 3.86. The third-order valence-electron chi connectivity index (χ3n) is 5.42. The maximum atomic E-state index is 12.6. The van der Waals surface area contributed by atoms with Gasteiger partial charge >= 0.3 is 0 Å². The van der Waals surface area contributed by atoms with Gasteiger partial charge in [0, 0.05) is 29.7 Å². The van der Waals surface area contributed by atoms with Crippen molar-refractivity contribution >= 4 is 23.4 Å². The first-order chi connectivity index (χ1) is 11.7. The zero-order chi connectivity index (χ0) is 16.9. The van der Waals surface area contributed by atoms with E-state index in [4.69, 9.17) is 0 Å². The minimum absolute atomic E-state index is 0.0672. The van der Waals surface area contributed by atoms with Gasteiger partial charge in [-0.2, -0.15) is 0 Å². The van der Waals surface area contributed by atoms with E-state index in [1.54, 1.807) is 11.8 Å². The van der Waals surface area contributed by atoms with Gasteiger partial charge in [0.05, 0.1) is 6.04 Å². The summed E-state index contributed by atoms with van der Waals surface area (Å²) in [5.41, 5.74) is 0.894. The average Bonchev–Trinajstić information content (AvgIpc) is 3.16. The van der Waals surface area contributed by atoms with Crippen LogP contribution in [-0.4, -0.2) is 60.2 Å². The SMILES string of the molecule is CSc1cccc(NC(=O)C(C)N2CCC(N3CCCC3)CC2)c1. The topological polar surface area (TPSA) is 35.6 Å². The molecular formula is C19H29N3OS. The van der Waals surface area contributed by atoms with Gasteiger partial charge in [0.2, 0.25) is 5.91 Å². The van der Waals surface area contributed by atoms with Crippen molar-refractivity contribution in [3.63, 3.8) is 0 Å². The molecule has 2 aliphatic rings. The van der Waals surface area contributed by atoms with E-state index in [9.17, 15) is 4.79 Å². The van der Waals surface area contributed by atoms with Crippen LogP contribution in [-0.2, 0) is 4.79 Å². The van der Waals surface area contributed by atoms with E-state index >= 15 is 0 Å². The van der Waals surface area contributed by atoms with E-state index in [2.05, 4.69) is 21.2 Å². The average molecular weight is 348 g/mol. The molecule has 5 heteroatoms. The summed E-state index contributed by atoms with van der Waals surface area (Å²) in [5.74, 6) is 0.105. The zero-order valence-electron chi connectivity index (χ0n) is 14.8. The van der Waals surface area contributed by atoms with Gasteiger partial charge < -0.3 is 10.2 Å². The second-order valence-electron chi connectivity index (χ2n) is 6.91. The molecule has 1 atom stereocenters. The number of anilines is 1. The molecule has 4 nitrogen and oxygen atoms in total. The third kappa shape index (κ3) is 4.32. The molecule has 0 aromatic heterocycles. The van der Waals surface area contributed by atoms with Crippen molar-refractivity contribution in [3.05, 3.63) is 24.3 Å². The molecular weight excluding hydrogens is 318 g/mol. The normalized spacial score (nSPS) is 21.8. The van der Waals surface area contributed by atoms with Crippen molar-refractivity contribution in [2.24, 2.45) is 0 Å². The van der Waals surface area contributed by atoms with Crippen LogP contribution < -0.4 is 5.32 Å². The Morgan fingerprint density at radius 2 is 1.92 bits per heavy atom. The molecule has 1 amide bonds. The molecule has 132 valence electrons. The Labute approximate surface area is 150 Å². The van der Waals surface area contributed by atoms with Crippen molar-refractivity contribution < 1.29 is 4.79 Å². The predicted molar refractivity (Wildman–Crippen MR) is 102 cm³/mol. The van der Waals surface area contributed by atoms with E-state index in [1.807, 2.05) is 31.4 Å². The summed E-state index contributed by atoms with van der Waals surface area (Å²) in [6, 6.07) is 8.72. The Balaban J connectivity index is 1.50. The Morgan fingerprint density at radius 3 is 2.58 bits per heavy atom. The van der Waals surface area contributed by atoms with Crippen LogP contribution in [0.1, 0.15) is 32.6 Å². The molecule has 24 heavy (non-hydrogen) atoms. The van der Waals surface area contributed by atoms with Gasteiger partial charge in [-0.25, -0.2) is 0 Å². The molecule has 1 aromatic carbocycles. The molecule has 0 saturated carbocycles. The number of hydrogen-bond acceptors (Lipinski definition) is 4. The van der Waals surface area contributed by atoms with Crippen molar-refractivity contribution in [1.29, 1.82) is 0 Å². The molecule has 1 N–H and O–H groups in total. The molecule has 2 fully saturated rings. The number of piperidine rings is 1. The summed E-state index contributed by atoms with van der Waals surface area (Å²) in [5, 5.41) is 3.08. The number of benzene rings is 1. The van der Waals surface area contributed by atoms with Crippen LogP contribution in [0.2, 0.25) is 0 Å². The summed E-state index contributed by atoms with van der Waals surface area (Å²) in [6.45, 7) is 6.63. The molecule has 0 radical (unpaired) electrons. The van der Waals surface area contributed by atoms with Crippen molar-refractivity contribution in [2.45, 2.75) is 49.6 Å². The van der Waals surface area contributed by atoms with Gasteiger partial charge in [-0.05, 0) is 70.2 Å². The molecule has 0 bridgehead atoms. The molecule has 1 unspecified atom stereocenters. The first kappa shape index (κ1) is 17.8. The van der Waals surface area contributed by atoms with Gasteiger partial charge in [0.15, 0.2) is 0 Å². The van der Waals surface area contributed by atoms with E-state index < -0.39 is 0 Å². The van der Waals surface area contributed by atoms with Crippen molar-refractivity contribution in [3.8, 4) is 0 Å². The lowest BCUT2D eigenvalue weighted by atomic mass is 10.0. The van der Waals surface area contributed by atoms with E-state index in [1.165, 1.54) is 43.7 Å². The van der Waals surface area contributed by atoms with Crippen LogP contribution in [0, 0.1) is 0 Å². The Kier molecular flexibility index (Phi) is 6.19. The number of carbonyl (C=O) groups is 1. The van der Waals surface area contributed by atoms with Crippen molar-refractivity contribution in [2.75, 3.05) is 37.8 Å². The number of nitrogens with zero attached hydrogens (tertiary/aromatic N) is 2. The van der Waals surface area contributed by atoms with Crippen LogP contribution in [0.3, 0.4) is 0 Å². The monoisotopic (exact) mass is 347 g/mol. The smallest absolute Gasteiger partial charge is 0.241 e. The highest BCUT2D eigenvalue weighted by Crippen LogP contribution is 2.23. The number of rotatable bonds is 5. The molecule has 0 spiro atoms. The Morgan fingerprint density at radius 1 is 1.21 bits per heavy atom. The maximum Gasteiger partial charge on any atom is 0.241 e. The highest BCUT2D eigenvalue weighted by Gasteiger charge is 2.30. The summed E-state index contributed by atoms with van der Waals surface area (Å²) < 4.78 is 0. The fourth-order valence-corrected chi connectivity index (χ4v) is 4.32. The maximum absolute atomic E-state index is 12.6. The quantitative estimate of drug-likeness (QED) is 0.829. The first-order valence-corrected chi connectivity index (χ1v) is 10.3. The Hall–Kier alpha value is -1.04. The largest absolute Gasteiger partial charge is 0.325 e. The third-order valence-corrected chi connectivity index (χ3v) is 6.15. The van der Waals surface area contributed by atoms with Gasteiger partial charge in [-0.1, -0.05) is 6.07 Å². The molecule has 1 aromatic rings. The first-order valence-electron chi connectivity index (χ1n) is 9.10. The lowest BCUT2D eigenvalue weighted by Crippen LogP contribution is -2.50. The van der Waals surface area contributed by atoms with E-state index in [0.29, 0.717) is 0 Å². The van der Waals surface area contributed by atoms with Gasteiger partial charge in [0.25, 0.3) is 0 Å². The molecule has 3 rings (SSSR count). The van der Waals surface area contributed by atoms with Crippen LogP contribution >= 0.6 is 11.8 Å². The fraction of sp³-hybridized carbons (Fsp3) is 0.632. The van der Waals surface area contributed by atoms with Crippen LogP contribution in [0.25, 0.3) is 0 Å². The summed E-state index contributed by atoms with van der Waals surface area (Å²) in [7, 11) is 0. The highest BCUT2D eigenvalue weighted by molar-refractivity contribution is 7.98. The van der Waals surface area contributed by atoms with E-state index in [-0.39, 0.29) is 11.9 Å². The molecule has 2 saturated heterocycles. The zero-order valence-corrected chi connectivity index (χ0v) is 15.6. The number of hydrogen-bond donors (Lipinski definition) is 1. The summed E-state index contributed by atoms with van der Waals surface area (Å²) in [6.07, 6.45) is 7.15. The molecule has 2 aliphatic heterocycles. The number of likely N-dealkylation sites (tertiary alicyclic amines) is 2. The Bertz CT molecular complexity index is 551. The van der Waals surface area contributed by atoms with E-state index in [0.717, 1.165) is 24.8 Å². The van der Waals surface area contributed by atoms with Crippen LogP contribution in [0.4, 0.5) is 5.69 Å². The minimum atomic E-state index is -0.0672. The van der Waals surface area contributed by atoms with Crippen LogP contribution in [0.15, 0.2) is 29.2 Å². The number of nitrogens with one attached hydrogen (secondary N) is 1. The minimum Gasteiger partial charge on any atom is -0.325 e. The highest BCUT2D eigenvalue weighted by atomic mass is 32.2. The van der Waals surface area contributed by atoms with Crippen molar-refractivity contribution in [1.82, 2.24) is 9.80 Å². The number of carbonyl (C=O) groups excluding carboxylic acids is 1. The lowest BCUT2D eigenvalue weighted by Gasteiger charge is -2.38. The summed E-state index contributed by atoms with van der Waals surface area (Å²) in [4.78, 5) is 18.7. The second kappa shape index (κ2) is 8.37. The van der Waals surface area contributed by atoms with Gasteiger partial charge in [-0.3, -0.25) is 9.69 Å². The van der Waals surface area contributed by atoms with Gasteiger partial charge in [0.1, 0.15) is 0 Å². The second-order valence-corrected chi connectivity index (χ2v) is 7.79. The lowest BCUT2D eigenvalue weighted by molar-refractivity contribution is -0.121. The number of thioether (sulfide) groups is 1. The summed E-state index contributed by atoms with van der Waals surface area (Å²) >= 11 is 1.69.